The van der Waals surface area contributed by atoms with Gasteiger partial charge in [0, 0.05) is 10.6 Å². The molecule has 3 nitrogen and oxygen atoms in total. The molecule has 0 saturated heterocycles. The van der Waals surface area contributed by atoms with E-state index in [2.05, 4.69) is 5.32 Å². The molecule has 2 aromatic rings. The second-order valence-corrected chi connectivity index (χ2v) is 6.22. The minimum atomic E-state index is -0.541. The van der Waals surface area contributed by atoms with Crippen LogP contribution in [0.15, 0.2) is 30.3 Å². The first-order valence-electron chi connectivity index (χ1n) is 5.58. The third-order valence-electron chi connectivity index (χ3n) is 2.64. The van der Waals surface area contributed by atoms with E-state index in [-0.39, 0.29) is 6.04 Å². The summed E-state index contributed by atoms with van der Waals surface area (Å²) in [6, 6.07) is 9.01. The normalized spacial score (nSPS) is 12.2. The highest BCUT2D eigenvalue weighted by molar-refractivity contribution is 7.16. The Kier molecular flexibility index (Phi) is 4.34. The van der Waals surface area contributed by atoms with Crippen molar-refractivity contribution in [3.05, 3.63) is 50.1 Å². The van der Waals surface area contributed by atoms with Gasteiger partial charge in [0.2, 0.25) is 5.91 Å². The Morgan fingerprint density at radius 1 is 1.32 bits per heavy atom. The van der Waals surface area contributed by atoms with Gasteiger partial charge in [-0.05, 0) is 37.3 Å². The van der Waals surface area contributed by atoms with E-state index < -0.39 is 5.91 Å². The van der Waals surface area contributed by atoms with E-state index in [9.17, 15) is 4.79 Å². The Hall–Kier alpha value is -1.23. The van der Waals surface area contributed by atoms with Crippen LogP contribution in [-0.4, -0.2) is 5.91 Å². The molecule has 1 amide bonds. The lowest BCUT2D eigenvalue weighted by Crippen LogP contribution is -2.12. The molecule has 0 bridgehead atoms. The van der Waals surface area contributed by atoms with Crippen molar-refractivity contribution in [2.45, 2.75) is 13.0 Å². The zero-order chi connectivity index (χ0) is 14.0. The van der Waals surface area contributed by atoms with Crippen LogP contribution in [0, 0.1) is 0 Å². The quantitative estimate of drug-likeness (QED) is 0.882. The molecule has 0 aliphatic rings. The number of hydrogen-bond donors (Lipinski definition) is 2. The van der Waals surface area contributed by atoms with E-state index in [0.717, 1.165) is 14.9 Å². The van der Waals surface area contributed by atoms with Crippen LogP contribution in [-0.2, 0) is 0 Å². The lowest BCUT2D eigenvalue weighted by atomic mass is 10.1. The maximum absolute atomic E-state index is 11.2. The van der Waals surface area contributed by atoms with Crippen molar-refractivity contribution in [2.24, 2.45) is 5.73 Å². The van der Waals surface area contributed by atoms with Crippen molar-refractivity contribution in [3.63, 3.8) is 0 Å². The molecule has 0 aliphatic carbocycles. The molecule has 0 aliphatic heterocycles. The van der Waals surface area contributed by atoms with Gasteiger partial charge in [0.15, 0.2) is 0 Å². The van der Waals surface area contributed by atoms with Gasteiger partial charge in [0.05, 0.1) is 21.0 Å². The number of carbonyl (C=O) groups is 1. The molecule has 3 N–H and O–H groups in total. The van der Waals surface area contributed by atoms with Crippen molar-refractivity contribution in [3.8, 4) is 0 Å². The molecule has 1 atom stereocenters. The molecular formula is C13H12Cl2N2OS. The average Bonchev–Trinajstić information content (AvgIpc) is 2.78. The standard InChI is InChI=1S/C13H12Cl2N2OS/c1-7(11-4-5-12(15)19-11)17-8-2-3-10(14)9(6-8)13(16)18/h2-7,17H,1H3,(H2,16,18). The molecular weight excluding hydrogens is 303 g/mol. The van der Waals surface area contributed by atoms with E-state index in [0.29, 0.717) is 10.6 Å². The Morgan fingerprint density at radius 3 is 2.63 bits per heavy atom. The number of rotatable bonds is 4. The predicted molar refractivity (Wildman–Crippen MR) is 81.3 cm³/mol. The first-order chi connectivity index (χ1) is 8.97. The lowest BCUT2D eigenvalue weighted by Gasteiger charge is -2.14. The van der Waals surface area contributed by atoms with Crippen LogP contribution >= 0.6 is 34.5 Å². The number of anilines is 1. The van der Waals surface area contributed by atoms with Gasteiger partial charge in [-0.15, -0.1) is 11.3 Å². The van der Waals surface area contributed by atoms with Gasteiger partial charge in [0.1, 0.15) is 0 Å². The smallest absolute Gasteiger partial charge is 0.250 e. The first-order valence-corrected chi connectivity index (χ1v) is 7.15. The molecule has 100 valence electrons. The summed E-state index contributed by atoms with van der Waals surface area (Å²) in [7, 11) is 0. The molecule has 0 radical (unpaired) electrons. The fourth-order valence-corrected chi connectivity index (χ4v) is 2.96. The fourth-order valence-electron chi connectivity index (χ4n) is 1.69. The van der Waals surface area contributed by atoms with E-state index in [1.54, 1.807) is 18.2 Å². The van der Waals surface area contributed by atoms with Crippen molar-refractivity contribution in [2.75, 3.05) is 5.32 Å². The molecule has 1 aromatic heterocycles. The number of amides is 1. The summed E-state index contributed by atoms with van der Waals surface area (Å²) in [6.45, 7) is 2.01. The number of nitrogens with one attached hydrogen (secondary N) is 1. The minimum absolute atomic E-state index is 0.0828. The Balaban J connectivity index is 2.19. The molecule has 0 saturated carbocycles. The number of primary amides is 1. The number of hydrogen-bond acceptors (Lipinski definition) is 3. The monoisotopic (exact) mass is 314 g/mol. The average molecular weight is 315 g/mol. The van der Waals surface area contributed by atoms with E-state index in [4.69, 9.17) is 28.9 Å². The van der Waals surface area contributed by atoms with E-state index >= 15 is 0 Å². The predicted octanol–water partition coefficient (Wildman–Crippen LogP) is 4.33. The largest absolute Gasteiger partial charge is 0.378 e. The highest BCUT2D eigenvalue weighted by atomic mass is 35.5. The number of halogens is 2. The second-order valence-electron chi connectivity index (χ2n) is 4.07. The van der Waals surface area contributed by atoms with Crippen LogP contribution in [0.4, 0.5) is 5.69 Å². The third-order valence-corrected chi connectivity index (χ3v) is 4.38. The number of nitrogens with two attached hydrogens (primary N) is 1. The first kappa shape index (κ1) is 14.2. The van der Waals surface area contributed by atoms with Crippen LogP contribution in [0.2, 0.25) is 9.36 Å². The molecule has 19 heavy (non-hydrogen) atoms. The third kappa shape index (κ3) is 3.41. The molecule has 0 spiro atoms. The zero-order valence-electron chi connectivity index (χ0n) is 10.1. The van der Waals surface area contributed by atoms with Gasteiger partial charge in [-0.1, -0.05) is 23.2 Å². The number of thiophene rings is 1. The van der Waals surface area contributed by atoms with Crippen molar-refractivity contribution in [1.29, 1.82) is 0 Å². The maximum Gasteiger partial charge on any atom is 0.250 e. The summed E-state index contributed by atoms with van der Waals surface area (Å²) in [6.07, 6.45) is 0. The molecule has 0 fully saturated rings. The molecule has 1 unspecified atom stereocenters. The summed E-state index contributed by atoms with van der Waals surface area (Å²) < 4.78 is 0.748. The minimum Gasteiger partial charge on any atom is -0.378 e. The van der Waals surface area contributed by atoms with Gasteiger partial charge in [-0.2, -0.15) is 0 Å². The fraction of sp³-hybridized carbons (Fsp3) is 0.154. The van der Waals surface area contributed by atoms with E-state index in [1.165, 1.54) is 11.3 Å². The van der Waals surface area contributed by atoms with Crippen LogP contribution < -0.4 is 11.1 Å². The van der Waals surface area contributed by atoms with Gasteiger partial charge >= 0.3 is 0 Å². The summed E-state index contributed by atoms with van der Waals surface area (Å²) in [4.78, 5) is 12.3. The van der Waals surface area contributed by atoms with E-state index in [1.807, 2.05) is 19.1 Å². The Morgan fingerprint density at radius 2 is 2.05 bits per heavy atom. The second kappa shape index (κ2) is 5.82. The van der Waals surface area contributed by atoms with Crippen molar-refractivity contribution in [1.82, 2.24) is 0 Å². The lowest BCUT2D eigenvalue weighted by molar-refractivity contribution is 0.100. The summed E-state index contributed by atoms with van der Waals surface area (Å²) >= 11 is 13.3. The van der Waals surface area contributed by atoms with Gasteiger partial charge in [0.25, 0.3) is 0 Å². The Bertz CT molecular complexity index is 612. The highest BCUT2D eigenvalue weighted by Crippen LogP contribution is 2.30. The Labute approximate surface area is 125 Å². The highest BCUT2D eigenvalue weighted by Gasteiger charge is 2.11. The van der Waals surface area contributed by atoms with Gasteiger partial charge in [-0.25, -0.2) is 0 Å². The summed E-state index contributed by atoms with van der Waals surface area (Å²) in [5, 5.41) is 3.63. The van der Waals surface area contributed by atoms with Gasteiger partial charge in [-0.3, -0.25) is 4.79 Å². The van der Waals surface area contributed by atoms with Crippen LogP contribution in [0.25, 0.3) is 0 Å². The molecule has 6 heteroatoms. The number of benzene rings is 1. The summed E-state index contributed by atoms with van der Waals surface area (Å²) in [5.74, 6) is -0.541. The topological polar surface area (TPSA) is 55.1 Å². The molecule has 1 aromatic carbocycles. The van der Waals surface area contributed by atoms with Gasteiger partial charge < -0.3 is 11.1 Å². The van der Waals surface area contributed by atoms with Crippen LogP contribution in [0.1, 0.15) is 28.2 Å². The van der Waals surface area contributed by atoms with Crippen LogP contribution in [0.3, 0.4) is 0 Å². The SMILES string of the molecule is CC(Nc1ccc(Cl)c(C(N)=O)c1)c1ccc(Cl)s1. The van der Waals surface area contributed by atoms with Crippen LogP contribution in [0.5, 0.6) is 0 Å². The van der Waals surface area contributed by atoms with Crippen molar-refractivity contribution >= 4 is 46.1 Å². The molecule has 2 rings (SSSR count). The van der Waals surface area contributed by atoms with Crippen molar-refractivity contribution < 1.29 is 4.79 Å². The summed E-state index contributed by atoms with van der Waals surface area (Å²) in [5.41, 5.74) is 6.36. The maximum atomic E-state index is 11.2. The zero-order valence-corrected chi connectivity index (χ0v) is 12.4. The number of carbonyl (C=O) groups excluding carboxylic acids is 1. The molecule has 1 heterocycles.